The SMILES string of the molecule is CCCCCCCCCCCC(=O)C1=CC=CCC1=O. The fourth-order valence-corrected chi connectivity index (χ4v) is 2.52. The van der Waals surface area contributed by atoms with Crippen molar-refractivity contribution >= 4 is 11.6 Å². The van der Waals surface area contributed by atoms with E-state index in [-0.39, 0.29) is 11.6 Å². The van der Waals surface area contributed by atoms with Gasteiger partial charge in [0.15, 0.2) is 11.6 Å². The number of hydrogen-bond donors (Lipinski definition) is 0. The normalized spacial score (nSPS) is 14.4. The van der Waals surface area contributed by atoms with Crippen LogP contribution in [0, 0.1) is 0 Å². The monoisotopic (exact) mass is 276 g/mol. The van der Waals surface area contributed by atoms with Gasteiger partial charge >= 0.3 is 0 Å². The Morgan fingerprint density at radius 3 is 2.20 bits per heavy atom. The van der Waals surface area contributed by atoms with E-state index in [1.165, 1.54) is 44.9 Å². The van der Waals surface area contributed by atoms with Gasteiger partial charge in [0, 0.05) is 12.8 Å². The summed E-state index contributed by atoms with van der Waals surface area (Å²) in [5.41, 5.74) is 0.409. The quantitative estimate of drug-likeness (QED) is 0.396. The summed E-state index contributed by atoms with van der Waals surface area (Å²) in [6, 6.07) is 0. The van der Waals surface area contributed by atoms with Crippen LogP contribution in [0.5, 0.6) is 0 Å². The number of hydrogen-bond acceptors (Lipinski definition) is 2. The van der Waals surface area contributed by atoms with Gasteiger partial charge in [-0.25, -0.2) is 0 Å². The van der Waals surface area contributed by atoms with Crippen LogP contribution in [-0.4, -0.2) is 11.6 Å². The predicted octanol–water partition coefficient (Wildman–Crippen LogP) is 4.93. The molecule has 0 saturated heterocycles. The van der Waals surface area contributed by atoms with Gasteiger partial charge in [-0.1, -0.05) is 70.4 Å². The fraction of sp³-hybridized carbons (Fsp3) is 0.667. The lowest BCUT2D eigenvalue weighted by Gasteiger charge is -2.07. The second-order valence-corrected chi connectivity index (χ2v) is 5.64. The maximum atomic E-state index is 11.9. The van der Waals surface area contributed by atoms with Crippen LogP contribution in [0.15, 0.2) is 23.8 Å². The lowest BCUT2D eigenvalue weighted by molar-refractivity contribution is -0.121. The number of allylic oxidation sites excluding steroid dienone is 4. The van der Waals surface area contributed by atoms with Crippen LogP contribution in [0.3, 0.4) is 0 Å². The van der Waals surface area contributed by atoms with Crippen molar-refractivity contribution in [2.75, 3.05) is 0 Å². The van der Waals surface area contributed by atoms with Crippen LogP contribution in [-0.2, 0) is 9.59 Å². The first-order chi connectivity index (χ1) is 9.75. The first kappa shape index (κ1) is 16.9. The molecule has 0 aromatic carbocycles. The first-order valence-corrected chi connectivity index (χ1v) is 8.19. The number of Topliss-reactive ketones (excluding diaryl/α,β-unsaturated/α-hetero) is 2. The summed E-state index contributed by atoms with van der Waals surface area (Å²) >= 11 is 0. The van der Waals surface area contributed by atoms with E-state index in [9.17, 15) is 9.59 Å². The molecule has 20 heavy (non-hydrogen) atoms. The lowest BCUT2D eigenvalue weighted by atomic mass is 9.96. The minimum absolute atomic E-state index is 0.0200. The zero-order valence-electron chi connectivity index (χ0n) is 12.8. The Hall–Kier alpha value is -1.18. The van der Waals surface area contributed by atoms with Crippen molar-refractivity contribution in [3.8, 4) is 0 Å². The highest BCUT2D eigenvalue weighted by Crippen LogP contribution is 2.15. The van der Waals surface area contributed by atoms with Crippen molar-refractivity contribution in [3.05, 3.63) is 23.8 Å². The molecule has 0 fully saturated rings. The highest BCUT2D eigenvalue weighted by Gasteiger charge is 2.17. The number of carbonyl (C=O) groups excluding carboxylic acids is 2. The number of ketones is 2. The zero-order chi connectivity index (χ0) is 14.6. The molecule has 112 valence electrons. The molecule has 0 atom stereocenters. The van der Waals surface area contributed by atoms with Crippen LogP contribution >= 0.6 is 0 Å². The molecular weight excluding hydrogens is 248 g/mol. The summed E-state index contributed by atoms with van der Waals surface area (Å²) in [6.45, 7) is 2.24. The maximum Gasteiger partial charge on any atom is 0.170 e. The van der Waals surface area contributed by atoms with Gasteiger partial charge in [0.2, 0.25) is 0 Å². The van der Waals surface area contributed by atoms with Gasteiger partial charge in [-0.3, -0.25) is 9.59 Å². The van der Waals surface area contributed by atoms with Crippen LogP contribution in [0.2, 0.25) is 0 Å². The maximum absolute atomic E-state index is 11.9. The van der Waals surface area contributed by atoms with E-state index >= 15 is 0 Å². The topological polar surface area (TPSA) is 34.1 Å². The van der Waals surface area contributed by atoms with Crippen LogP contribution in [0.4, 0.5) is 0 Å². The van der Waals surface area contributed by atoms with E-state index in [4.69, 9.17) is 0 Å². The van der Waals surface area contributed by atoms with Gasteiger partial charge in [-0.05, 0) is 12.5 Å². The second-order valence-electron chi connectivity index (χ2n) is 5.64. The second kappa shape index (κ2) is 10.6. The summed E-state index contributed by atoms with van der Waals surface area (Å²) < 4.78 is 0. The fourth-order valence-electron chi connectivity index (χ4n) is 2.52. The van der Waals surface area contributed by atoms with Gasteiger partial charge in [0.05, 0.1) is 5.57 Å². The zero-order valence-corrected chi connectivity index (χ0v) is 12.8. The van der Waals surface area contributed by atoms with Crippen LogP contribution in [0.1, 0.15) is 77.6 Å². The Labute approximate surface area is 123 Å². The van der Waals surface area contributed by atoms with Crippen molar-refractivity contribution in [1.82, 2.24) is 0 Å². The Morgan fingerprint density at radius 2 is 1.60 bits per heavy atom. The molecule has 0 bridgehead atoms. The number of carbonyl (C=O) groups is 2. The van der Waals surface area contributed by atoms with E-state index in [0.717, 1.165) is 12.8 Å². The molecule has 2 nitrogen and oxygen atoms in total. The minimum Gasteiger partial charge on any atom is -0.294 e. The standard InChI is InChI=1S/C18H28O2/c1-2-3-4-5-6-7-8-9-10-14-17(19)16-13-11-12-15-18(16)20/h11-13H,2-10,14-15H2,1H3. The largest absolute Gasteiger partial charge is 0.294 e. The highest BCUT2D eigenvalue weighted by atomic mass is 16.1. The van der Waals surface area contributed by atoms with Gasteiger partial charge in [-0.2, -0.15) is 0 Å². The van der Waals surface area contributed by atoms with Gasteiger partial charge < -0.3 is 0 Å². The molecule has 1 aliphatic rings. The van der Waals surface area contributed by atoms with Gasteiger partial charge in [0.25, 0.3) is 0 Å². The van der Waals surface area contributed by atoms with E-state index in [1.807, 2.05) is 6.08 Å². The molecule has 2 heteroatoms. The molecule has 0 spiro atoms. The first-order valence-electron chi connectivity index (χ1n) is 8.19. The molecule has 0 heterocycles. The van der Waals surface area contributed by atoms with Crippen molar-refractivity contribution in [2.24, 2.45) is 0 Å². The molecule has 0 aromatic rings. The summed E-state index contributed by atoms with van der Waals surface area (Å²) in [4.78, 5) is 23.4. The van der Waals surface area contributed by atoms with Crippen LogP contribution in [0.25, 0.3) is 0 Å². The molecule has 0 aliphatic heterocycles. The van der Waals surface area contributed by atoms with E-state index in [0.29, 0.717) is 18.4 Å². The molecule has 0 amide bonds. The Bertz CT molecular complexity index is 364. The molecular formula is C18H28O2. The third-order valence-corrected chi connectivity index (χ3v) is 3.81. The van der Waals surface area contributed by atoms with Crippen molar-refractivity contribution in [3.63, 3.8) is 0 Å². The third-order valence-electron chi connectivity index (χ3n) is 3.81. The number of unbranched alkanes of at least 4 members (excludes halogenated alkanes) is 8. The summed E-state index contributed by atoms with van der Waals surface area (Å²) in [5, 5.41) is 0. The molecule has 1 aliphatic carbocycles. The average Bonchev–Trinajstić information content (AvgIpc) is 2.46. The molecule has 0 N–H and O–H groups in total. The molecule has 0 saturated carbocycles. The molecule has 0 radical (unpaired) electrons. The Balaban J connectivity index is 2.01. The number of rotatable bonds is 11. The molecule has 0 aromatic heterocycles. The summed E-state index contributed by atoms with van der Waals surface area (Å²) in [5.74, 6) is 0.00993. The smallest absolute Gasteiger partial charge is 0.170 e. The summed E-state index contributed by atoms with van der Waals surface area (Å²) in [6.07, 6.45) is 17.4. The average molecular weight is 276 g/mol. The summed E-state index contributed by atoms with van der Waals surface area (Å²) in [7, 11) is 0. The highest BCUT2D eigenvalue weighted by molar-refractivity contribution is 6.21. The van der Waals surface area contributed by atoms with E-state index < -0.39 is 0 Å². The van der Waals surface area contributed by atoms with E-state index in [2.05, 4.69) is 6.92 Å². The van der Waals surface area contributed by atoms with Crippen molar-refractivity contribution in [2.45, 2.75) is 77.6 Å². The third kappa shape index (κ3) is 6.83. The van der Waals surface area contributed by atoms with Gasteiger partial charge in [0.1, 0.15) is 0 Å². The molecule has 0 unspecified atom stereocenters. The predicted molar refractivity (Wildman–Crippen MR) is 83.7 cm³/mol. The Morgan fingerprint density at radius 1 is 1.00 bits per heavy atom. The van der Waals surface area contributed by atoms with Gasteiger partial charge in [-0.15, -0.1) is 0 Å². The van der Waals surface area contributed by atoms with E-state index in [1.54, 1.807) is 12.2 Å². The van der Waals surface area contributed by atoms with Crippen molar-refractivity contribution < 1.29 is 9.59 Å². The van der Waals surface area contributed by atoms with Crippen molar-refractivity contribution in [1.29, 1.82) is 0 Å². The van der Waals surface area contributed by atoms with Crippen LogP contribution < -0.4 is 0 Å². The minimum atomic E-state index is -0.0200. The Kier molecular flexibility index (Phi) is 8.93. The molecule has 1 rings (SSSR count). The lowest BCUT2D eigenvalue weighted by Crippen LogP contribution is -2.13.